The second kappa shape index (κ2) is 8.69. The van der Waals surface area contributed by atoms with E-state index in [2.05, 4.69) is 15.4 Å². The van der Waals surface area contributed by atoms with E-state index in [0.717, 1.165) is 23.5 Å². The van der Waals surface area contributed by atoms with Gasteiger partial charge in [0.25, 0.3) is 5.91 Å². The number of hydrogen-bond donors (Lipinski definition) is 4. The molecule has 0 unspecified atom stereocenters. The maximum absolute atomic E-state index is 14.1. The SMILES string of the molecule is Cn1ncc(NC(=O)c2nc(-c3c(F)cccc3F)sc2N)c1N1CC[C@H](O)[C@@](C)(N)CC1. The van der Waals surface area contributed by atoms with Gasteiger partial charge in [0.1, 0.15) is 27.3 Å². The van der Waals surface area contributed by atoms with Gasteiger partial charge >= 0.3 is 0 Å². The number of aromatic nitrogens is 3. The second-order valence-corrected chi connectivity index (χ2v) is 9.37. The summed E-state index contributed by atoms with van der Waals surface area (Å²) in [6.45, 7) is 2.89. The van der Waals surface area contributed by atoms with Crippen LogP contribution in [0, 0.1) is 11.6 Å². The first-order valence-corrected chi connectivity index (χ1v) is 11.2. The molecule has 0 bridgehead atoms. The summed E-state index contributed by atoms with van der Waals surface area (Å²) >= 11 is 0.828. The average Bonchev–Trinajstić information content (AvgIpc) is 3.26. The molecule has 2 aromatic heterocycles. The van der Waals surface area contributed by atoms with Gasteiger partial charge in [0.05, 0.1) is 17.9 Å². The van der Waals surface area contributed by atoms with Crippen molar-refractivity contribution in [2.45, 2.75) is 31.4 Å². The summed E-state index contributed by atoms with van der Waals surface area (Å²) in [7, 11) is 1.74. The van der Waals surface area contributed by atoms with Crippen molar-refractivity contribution >= 4 is 33.8 Å². The Morgan fingerprint density at radius 2 is 2.03 bits per heavy atom. The van der Waals surface area contributed by atoms with Crippen molar-refractivity contribution in [3.8, 4) is 10.6 Å². The number of aryl methyl sites for hydroxylation is 1. The standard InChI is InChI=1S/C21H25F2N7O2S/c1-21(25)7-9-30(8-6-14(21)31)20-13(10-26-29(20)2)27-18(32)16-17(24)33-19(28-16)15-11(22)4-3-5-12(15)23/h3-5,10,14,31H,6-9,24-25H2,1-2H3,(H,27,32)/t14-,21-/m0/s1. The Bertz CT molecular complexity index is 1170. The molecule has 0 saturated carbocycles. The van der Waals surface area contributed by atoms with E-state index in [9.17, 15) is 18.7 Å². The number of carbonyl (C=O) groups is 1. The van der Waals surface area contributed by atoms with Crippen molar-refractivity contribution in [3.05, 3.63) is 41.7 Å². The first kappa shape index (κ1) is 23.1. The van der Waals surface area contributed by atoms with Crippen LogP contribution in [0.25, 0.3) is 10.6 Å². The Balaban J connectivity index is 1.59. The third kappa shape index (κ3) is 4.41. The maximum atomic E-state index is 14.1. The molecule has 6 N–H and O–H groups in total. The summed E-state index contributed by atoms with van der Waals surface area (Å²) in [6, 6.07) is 3.47. The number of aliphatic hydroxyl groups excluding tert-OH is 1. The van der Waals surface area contributed by atoms with Crippen molar-refractivity contribution < 1.29 is 18.7 Å². The van der Waals surface area contributed by atoms with Gasteiger partial charge in [0.2, 0.25) is 0 Å². The minimum absolute atomic E-state index is 0.0246. The van der Waals surface area contributed by atoms with E-state index in [-0.39, 0.29) is 21.3 Å². The lowest BCUT2D eigenvalue weighted by atomic mass is 9.91. The fourth-order valence-electron chi connectivity index (χ4n) is 3.85. The van der Waals surface area contributed by atoms with E-state index >= 15 is 0 Å². The quantitative estimate of drug-likeness (QED) is 0.453. The summed E-state index contributed by atoms with van der Waals surface area (Å²) in [5.41, 5.74) is 11.4. The van der Waals surface area contributed by atoms with E-state index in [1.165, 1.54) is 12.3 Å². The Kier molecular flexibility index (Phi) is 6.08. The number of carbonyl (C=O) groups excluding carboxylic acids is 1. The summed E-state index contributed by atoms with van der Waals surface area (Å²) in [6.07, 6.45) is 1.85. The number of aliphatic hydroxyl groups is 1. The summed E-state index contributed by atoms with van der Waals surface area (Å²) in [5, 5.41) is 17.3. The second-order valence-electron chi connectivity index (χ2n) is 8.34. The summed E-state index contributed by atoms with van der Waals surface area (Å²) in [4.78, 5) is 19.1. The van der Waals surface area contributed by atoms with Crippen LogP contribution in [0.4, 0.5) is 25.3 Å². The zero-order valence-corrected chi connectivity index (χ0v) is 19.0. The minimum Gasteiger partial charge on any atom is -0.391 e. The van der Waals surface area contributed by atoms with Gasteiger partial charge in [0.15, 0.2) is 11.5 Å². The summed E-state index contributed by atoms with van der Waals surface area (Å²) < 4.78 is 29.9. The molecule has 3 heterocycles. The van der Waals surface area contributed by atoms with E-state index < -0.39 is 29.2 Å². The van der Waals surface area contributed by atoms with E-state index in [1.807, 2.05) is 11.8 Å². The van der Waals surface area contributed by atoms with Crippen molar-refractivity contribution in [3.63, 3.8) is 0 Å². The smallest absolute Gasteiger partial charge is 0.277 e. The number of nitrogens with two attached hydrogens (primary N) is 2. The molecule has 1 saturated heterocycles. The molecule has 1 amide bonds. The lowest BCUT2D eigenvalue weighted by molar-refractivity contribution is 0.0914. The number of nitrogens with zero attached hydrogens (tertiary/aromatic N) is 4. The van der Waals surface area contributed by atoms with Gasteiger partial charge in [-0.1, -0.05) is 17.4 Å². The summed E-state index contributed by atoms with van der Waals surface area (Å²) in [5.74, 6) is -1.57. The van der Waals surface area contributed by atoms with E-state index in [4.69, 9.17) is 11.5 Å². The number of rotatable bonds is 4. The fourth-order valence-corrected chi connectivity index (χ4v) is 4.73. The number of halogens is 2. The van der Waals surface area contributed by atoms with Gasteiger partial charge in [-0.15, -0.1) is 0 Å². The Hall–Kier alpha value is -3.09. The van der Waals surface area contributed by atoms with Crippen LogP contribution in [0.3, 0.4) is 0 Å². The molecule has 0 aliphatic carbocycles. The molecular weight excluding hydrogens is 452 g/mol. The lowest BCUT2D eigenvalue weighted by Crippen LogP contribution is -2.47. The highest BCUT2D eigenvalue weighted by Crippen LogP contribution is 2.35. The molecule has 1 aliphatic rings. The van der Waals surface area contributed by atoms with Crippen LogP contribution in [0.1, 0.15) is 30.3 Å². The molecular formula is C21H25F2N7O2S. The van der Waals surface area contributed by atoms with Gasteiger partial charge in [0, 0.05) is 25.7 Å². The monoisotopic (exact) mass is 477 g/mol. The van der Waals surface area contributed by atoms with Crippen molar-refractivity contribution in [1.29, 1.82) is 0 Å². The molecule has 3 aromatic rings. The van der Waals surface area contributed by atoms with Crippen LogP contribution >= 0.6 is 11.3 Å². The number of anilines is 3. The number of nitrogen functional groups attached to an aromatic ring is 1. The number of nitrogens with one attached hydrogen (secondary N) is 1. The number of thiazole rings is 1. The highest BCUT2D eigenvalue weighted by atomic mass is 32.1. The normalized spacial score (nSPS) is 21.2. The topological polar surface area (TPSA) is 135 Å². The molecule has 1 aromatic carbocycles. The lowest BCUT2D eigenvalue weighted by Gasteiger charge is -2.27. The van der Waals surface area contributed by atoms with E-state index in [1.54, 1.807) is 11.7 Å². The molecule has 4 rings (SSSR count). The van der Waals surface area contributed by atoms with Gasteiger partial charge in [-0.05, 0) is 31.9 Å². The highest BCUT2D eigenvalue weighted by Gasteiger charge is 2.33. The van der Waals surface area contributed by atoms with Crippen LogP contribution in [-0.4, -0.2) is 50.5 Å². The molecule has 0 spiro atoms. The zero-order valence-electron chi connectivity index (χ0n) is 18.2. The average molecular weight is 478 g/mol. The van der Waals surface area contributed by atoms with Gasteiger partial charge < -0.3 is 26.8 Å². The first-order chi connectivity index (χ1) is 15.6. The Labute approximate surface area is 193 Å². The van der Waals surface area contributed by atoms with Crippen LogP contribution in [-0.2, 0) is 7.05 Å². The Morgan fingerprint density at radius 1 is 1.33 bits per heavy atom. The minimum atomic E-state index is -0.791. The van der Waals surface area contributed by atoms with Crippen LogP contribution in [0.2, 0.25) is 0 Å². The Morgan fingerprint density at radius 3 is 2.73 bits per heavy atom. The molecule has 2 atom stereocenters. The molecule has 9 nitrogen and oxygen atoms in total. The third-order valence-corrected chi connectivity index (χ3v) is 6.76. The third-order valence-electron chi connectivity index (χ3n) is 5.85. The molecule has 176 valence electrons. The first-order valence-electron chi connectivity index (χ1n) is 10.3. The molecule has 33 heavy (non-hydrogen) atoms. The number of amides is 1. The molecule has 1 fully saturated rings. The fraction of sp³-hybridized carbons (Fsp3) is 0.381. The predicted octanol–water partition coefficient (Wildman–Crippen LogP) is 2.33. The van der Waals surface area contributed by atoms with Gasteiger partial charge in [-0.25, -0.2) is 13.8 Å². The van der Waals surface area contributed by atoms with E-state index in [0.29, 0.717) is 37.4 Å². The predicted molar refractivity (Wildman–Crippen MR) is 123 cm³/mol. The van der Waals surface area contributed by atoms with Crippen LogP contribution in [0.5, 0.6) is 0 Å². The largest absolute Gasteiger partial charge is 0.391 e. The van der Waals surface area contributed by atoms with Crippen molar-refractivity contribution in [2.75, 3.05) is 29.0 Å². The zero-order chi connectivity index (χ0) is 23.9. The number of benzene rings is 1. The molecule has 0 radical (unpaired) electrons. The van der Waals surface area contributed by atoms with Crippen molar-refractivity contribution in [1.82, 2.24) is 14.8 Å². The van der Waals surface area contributed by atoms with Gasteiger partial charge in [-0.3, -0.25) is 9.48 Å². The van der Waals surface area contributed by atoms with Crippen LogP contribution in [0.15, 0.2) is 24.4 Å². The highest BCUT2D eigenvalue weighted by molar-refractivity contribution is 7.19. The molecule has 12 heteroatoms. The maximum Gasteiger partial charge on any atom is 0.277 e. The number of hydrogen-bond acceptors (Lipinski definition) is 8. The molecule has 1 aliphatic heterocycles. The van der Waals surface area contributed by atoms with Crippen molar-refractivity contribution in [2.24, 2.45) is 12.8 Å². The van der Waals surface area contributed by atoms with Gasteiger partial charge in [-0.2, -0.15) is 5.10 Å². The van der Waals surface area contributed by atoms with Crippen LogP contribution < -0.4 is 21.7 Å².